The first-order chi connectivity index (χ1) is 12.1. The van der Waals surface area contributed by atoms with E-state index >= 15 is 0 Å². The SMILES string of the molecule is O=C1C=CC2(CCN(Cc3ccc(F)cc3)CC2)Nc2ccccc21. The van der Waals surface area contributed by atoms with E-state index in [-0.39, 0.29) is 17.1 Å². The molecule has 2 aliphatic rings. The summed E-state index contributed by atoms with van der Waals surface area (Å²) in [5.41, 5.74) is 2.62. The number of rotatable bonds is 2. The third-order valence-electron chi connectivity index (χ3n) is 5.20. The van der Waals surface area contributed by atoms with Gasteiger partial charge in [0.2, 0.25) is 0 Å². The van der Waals surface area contributed by atoms with Crippen LogP contribution in [0.15, 0.2) is 60.7 Å². The highest BCUT2D eigenvalue weighted by Gasteiger charge is 2.34. The van der Waals surface area contributed by atoms with Crippen LogP contribution in [0.1, 0.15) is 28.8 Å². The van der Waals surface area contributed by atoms with Gasteiger partial charge in [0.05, 0.1) is 5.54 Å². The molecule has 1 saturated heterocycles. The molecule has 25 heavy (non-hydrogen) atoms. The molecule has 1 N–H and O–H groups in total. The van der Waals surface area contributed by atoms with Crippen LogP contribution in [0.4, 0.5) is 10.1 Å². The summed E-state index contributed by atoms with van der Waals surface area (Å²) in [4.78, 5) is 14.7. The van der Waals surface area contributed by atoms with Crippen molar-refractivity contribution in [3.8, 4) is 0 Å². The van der Waals surface area contributed by atoms with Crippen LogP contribution in [0.5, 0.6) is 0 Å². The Balaban J connectivity index is 1.46. The van der Waals surface area contributed by atoms with Gasteiger partial charge < -0.3 is 5.32 Å². The molecule has 3 nitrogen and oxygen atoms in total. The molecule has 0 atom stereocenters. The highest BCUT2D eigenvalue weighted by Crippen LogP contribution is 2.33. The molecule has 0 aliphatic carbocycles. The van der Waals surface area contributed by atoms with E-state index in [9.17, 15) is 9.18 Å². The third kappa shape index (κ3) is 3.35. The fraction of sp³-hybridized carbons (Fsp3) is 0.286. The van der Waals surface area contributed by atoms with Crippen molar-refractivity contribution in [1.82, 2.24) is 4.90 Å². The van der Waals surface area contributed by atoms with Crippen LogP contribution in [-0.4, -0.2) is 29.3 Å². The van der Waals surface area contributed by atoms with Crippen molar-refractivity contribution in [1.29, 1.82) is 0 Å². The average molecular weight is 336 g/mol. The number of carbonyl (C=O) groups excluding carboxylic acids is 1. The molecule has 0 saturated carbocycles. The summed E-state index contributed by atoms with van der Waals surface area (Å²) in [6.07, 6.45) is 5.64. The van der Waals surface area contributed by atoms with Crippen molar-refractivity contribution in [2.24, 2.45) is 0 Å². The first-order valence-electron chi connectivity index (χ1n) is 8.71. The predicted octanol–water partition coefficient (Wildman–Crippen LogP) is 4.02. The molecule has 2 heterocycles. The summed E-state index contributed by atoms with van der Waals surface area (Å²) in [6, 6.07) is 14.4. The fourth-order valence-electron chi connectivity index (χ4n) is 3.69. The zero-order chi connectivity index (χ0) is 17.3. The lowest BCUT2D eigenvalue weighted by atomic mass is 9.86. The largest absolute Gasteiger partial charge is 0.375 e. The van der Waals surface area contributed by atoms with Gasteiger partial charge in [-0.3, -0.25) is 9.69 Å². The average Bonchev–Trinajstić information content (AvgIpc) is 2.77. The number of para-hydroxylation sites is 1. The van der Waals surface area contributed by atoms with Crippen molar-refractivity contribution in [2.45, 2.75) is 24.9 Å². The second kappa shape index (κ2) is 6.45. The van der Waals surface area contributed by atoms with E-state index in [1.54, 1.807) is 6.08 Å². The van der Waals surface area contributed by atoms with Gasteiger partial charge in [-0.2, -0.15) is 0 Å². The number of ketones is 1. The summed E-state index contributed by atoms with van der Waals surface area (Å²) in [5, 5.41) is 3.61. The van der Waals surface area contributed by atoms with Crippen molar-refractivity contribution in [2.75, 3.05) is 18.4 Å². The van der Waals surface area contributed by atoms with Gasteiger partial charge in [0.15, 0.2) is 5.78 Å². The van der Waals surface area contributed by atoms with Crippen LogP contribution in [0.25, 0.3) is 0 Å². The number of nitrogens with one attached hydrogen (secondary N) is 1. The Labute approximate surface area is 147 Å². The van der Waals surface area contributed by atoms with Crippen molar-refractivity contribution >= 4 is 11.5 Å². The maximum absolute atomic E-state index is 13.0. The third-order valence-corrected chi connectivity index (χ3v) is 5.20. The van der Waals surface area contributed by atoms with Gasteiger partial charge in [-0.15, -0.1) is 0 Å². The first kappa shape index (κ1) is 16.0. The van der Waals surface area contributed by atoms with Gasteiger partial charge in [-0.1, -0.05) is 30.3 Å². The van der Waals surface area contributed by atoms with E-state index in [1.807, 2.05) is 42.5 Å². The minimum Gasteiger partial charge on any atom is -0.375 e. The van der Waals surface area contributed by atoms with Gasteiger partial charge in [-0.25, -0.2) is 4.39 Å². The van der Waals surface area contributed by atoms with Crippen LogP contribution >= 0.6 is 0 Å². The minimum atomic E-state index is -0.197. The molecule has 0 unspecified atom stereocenters. The zero-order valence-electron chi connectivity index (χ0n) is 14.0. The van der Waals surface area contributed by atoms with E-state index in [0.717, 1.165) is 49.3 Å². The van der Waals surface area contributed by atoms with Crippen LogP contribution in [0, 0.1) is 5.82 Å². The Kier molecular flexibility index (Phi) is 4.14. The lowest BCUT2D eigenvalue weighted by Gasteiger charge is -2.41. The number of fused-ring (bicyclic) bond motifs is 1. The van der Waals surface area contributed by atoms with E-state index in [2.05, 4.69) is 10.2 Å². The van der Waals surface area contributed by atoms with Gasteiger partial charge in [0, 0.05) is 30.9 Å². The van der Waals surface area contributed by atoms with E-state index < -0.39 is 0 Å². The lowest BCUT2D eigenvalue weighted by Crippen LogP contribution is -2.47. The monoisotopic (exact) mass is 336 g/mol. The van der Waals surface area contributed by atoms with E-state index in [4.69, 9.17) is 0 Å². The molecule has 0 amide bonds. The van der Waals surface area contributed by atoms with Gasteiger partial charge >= 0.3 is 0 Å². The maximum atomic E-state index is 13.0. The molecule has 1 spiro atoms. The summed E-state index contributed by atoms with van der Waals surface area (Å²) >= 11 is 0. The lowest BCUT2D eigenvalue weighted by molar-refractivity contribution is 0.104. The topological polar surface area (TPSA) is 32.3 Å². The summed E-state index contributed by atoms with van der Waals surface area (Å²) in [5.74, 6) is -0.133. The Hall–Kier alpha value is -2.46. The number of anilines is 1. The molecule has 128 valence electrons. The normalized spacial score (nSPS) is 19.3. The van der Waals surface area contributed by atoms with E-state index in [1.165, 1.54) is 12.1 Å². The molecule has 0 bridgehead atoms. The van der Waals surface area contributed by atoms with Gasteiger partial charge in [0.1, 0.15) is 5.82 Å². The Morgan fingerprint density at radius 2 is 1.76 bits per heavy atom. The van der Waals surface area contributed by atoms with E-state index in [0.29, 0.717) is 0 Å². The molecule has 2 aliphatic heterocycles. The molecular weight excluding hydrogens is 315 g/mol. The van der Waals surface area contributed by atoms with Crippen LogP contribution < -0.4 is 5.32 Å². The quantitative estimate of drug-likeness (QED) is 0.899. The Morgan fingerprint density at radius 3 is 2.52 bits per heavy atom. The molecule has 0 radical (unpaired) electrons. The number of carbonyl (C=O) groups is 1. The standard InChI is InChI=1S/C21H21FN2O/c22-17-7-5-16(6-8-17)15-24-13-11-21(12-14-24)10-9-20(25)18-3-1-2-4-19(18)23-21/h1-10,23H,11-15H2. The fourth-order valence-corrected chi connectivity index (χ4v) is 3.69. The number of benzene rings is 2. The minimum absolute atomic E-state index is 0.0636. The second-order valence-electron chi connectivity index (χ2n) is 6.93. The molecule has 4 rings (SSSR count). The highest BCUT2D eigenvalue weighted by molar-refractivity contribution is 6.09. The number of likely N-dealkylation sites (tertiary alicyclic amines) is 1. The highest BCUT2D eigenvalue weighted by atomic mass is 19.1. The maximum Gasteiger partial charge on any atom is 0.187 e. The summed E-state index contributed by atoms with van der Waals surface area (Å²) < 4.78 is 13.0. The smallest absolute Gasteiger partial charge is 0.187 e. The van der Waals surface area contributed by atoms with Crippen molar-refractivity contribution in [3.05, 3.63) is 77.6 Å². The first-order valence-corrected chi connectivity index (χ1v) is 8.71. The number of nitrogens with zero attached hydrogens (tertiary/aromatic N) is 1. The van der Waals surface area contributed by atoms with Crippen LogP contribution in [0.3, 0.4) is 0 Å². The predicted molar refractivity (Wildman–Crippen MR) is 97.2 cm³/mol. The van der Waals surface area contributed by atoms with Crippen molar-refractivity contribution in [3.63, 3.8) is 0 Å². The summed E-state index contributed by atoms with van der Waals surface area (Å²) in [6.45, 7) is 2.70. The number of halogens is 1. The van der Waals surface area contributed by atoms with Gasteiger partial charge in [0.25, 0.3) is 0 Å². The number of hydrogen-bond donors (Lipinski definition) is 1. The molecule has 4 heteroatoms. The number of hydrogen-bond acceptors (Lipinski definition) is 3. The van der Waals surface area contributed by atoms with Crippen molar-refractivity contribution < 1.29 is 9.18 Å². The molecular formula is C21H21FN2O. The van der Waals surface area contributed by atoms with Gasteiger partial charge in [-0.05, 0) is 48.7 Å². The molecule has 2 aromatic carbocycles. The number of allylic oxidation sites excluding steroid dienone is 1. The van der Waals surface area contributed by atoms with Crippen LogP contribution in [-0.2, 0) is 6.54 Å². The van der Waals surface area contributed by atoms with Crippen LogP contribution in [0.2, 0.25) is 0 Å². The molecule has 0 aromatic heterocycles. The Morgan fingerprint density at radius 1 is 1.04 bits per heavy atom. The number of piperidine rings is 1. The summed E-state index contributed by atoms with van der Waals surface area (Å²) in [7, 11) is 0. The second-order valence-corrected chi connectivity index (χ2v) is 6.93. The zero-order valence-corrected chi connectivity index (χ0v) is 14.0. The molecule has 2 aromatic rings. The Bertz CT molecular complexity index is 805. The molecule has 1 fully saturated rings.